The lowest BCUT2D eigenvalue weighted by atomic mass is 10.1. The van der Waals surface area contributed by atoms with Gasteiger partial charge < -0.3 is 15.3 Å². The van der Waals surface area contributed by atoms with Gasteiger partial charge in [0, 0.05) is 54.7 Å². The Balaban J connectivity index is 0.000000653. The highest BCUT2D eigenvalue weighted by Gasteiger charge is 2.14. The van der Waals surface area contributed by atoms with Crippen LogP contribution in [0, 0.1) is 6.92 Å². The number of benzene rings is 1. The molecule has 6 aromatic rings. The van der Waals surface area contributed by atoms with Gasteiger partial charge in [0.1, 0.15) is 24.0 Å². The van der Waals surface area contributed by atoms with E-state index in [0.29, 0.717) is 23.0 Å². The number of imidazole rings is 2. The maximum absolute atomic E-state index is 12.7. The number of nitrogens with zero attached hydrogens (tertiary/aromatic N) is 9. The second-order valence-corrected chi connectivity index (χ2v) is 9.13. The molecule has 12 nitrogen and oxygen atoms in total. The van der Waals surface area contributed by atoms with Gasteiger partial charge in [-0.05, 0) is 63.0 Å². The fraction of sp³-hybridized carbons (Fsp3) is 0.226. The van der Waals surface area contributed by atoms with E-state index < -0.39 is 0 Å². The van der Waals surface area contributed by atoms with Crippen molar-refractivity contribution >= 4 is 29.5 Å². The van der Waals surface area contributed by atoms with Crippen LogP contribution in [0.2, 0.25) is 0 Å². The Kier molecular flexibility index (Phi) is 10.2. The van der Waals surface area contributed by atoms with Crippen molar-refractivity contribution in [1.29, 1.82) is 0 Å². The highest BCUT2D eigenvalue weighted by molar-refractivity contribution is 5.92. The topological polar surface area (TPSA) is 144 Å². The molecule has 0 unspecified atom stereocenters. The Bertz CT molecular complexity index is 1780. The first-order valence-electron chi connectivity index (χ1n) is 13.9. The van der Waals surface area contributed by atoms with Crippen LogP contribution < -0.4 is 5.32 Å². The Morgan fingerprint density at radius 3 is 2.42 bits per heavy atom. The normalized spacial score (nSPS) is 10.3. The van der Waals surface area contributed by atoms with Crippen LogP contribution in [0.15, 0.2) is 78.7 Å². The fourth-order valence-corrected chi connectivity index (χ4v) is 4.10. The number of amides is 1. The number of nitrogens with one attached hydrogen (secondary N) is 2. The van der Waals surface area contributed by atoms with Crippen molar-refractivity contribution in [2.75, 3.05) is 11.9 Å². The predicted molar refractivity (Wildman–Crippen MR) is 169 cm³/mol. The molecule has 6 rings (SSSR count). The Labute approximate surface area is 250 Å². The number of carbonyl (C=O) groups is 1. The van der Waals surface area contributed by atoms with E-state index in [4.69, 9.17) is 0 Å². The summed E-state index contributed by atoms with van der Waals surface area (Å²) in [7, 11) is 1.83. The smallest absolute Gasteiger partial charge is 0.230 e. The number of hydrogen-bond acceptors (Lipinski definition) is 8. The Morgan fingerprint density at radius 2 is 1.77 bits per heavy atom. The quantitative estimate of drug-likeness (QED) is 0.247. The maximum Gasteiger partial charge on any atom is 0.230 e. The third-order valence-corrected chi connectivity index (χ3v) is 6.18. The first-order chi connectivity index (χ1) is 20.9. The highest BCUT2D eigenvalue weighted by atomic mass is 16.1. The van der Waals surface area contributed by atoms with Crippen molar-refractivity contribution in [3.63, 3.8) is 0 Å². The standard InChI is InChI=1S/C26H22N10O.C3H7N.C2H6/c1-16-13-36(15-30-16)26-23-25(28-14-29-26)33-24(32-23)18-3-5-19(6-4-18)31-22(37)12-20-11-21(34-35(20)2)17-7-9-27-10-8-17;1-3-4-2;1-2/h3-11,13-15H,12H2,1-2H3,(H,31,37)(H,28,29,32,33);2-3H2,1H3;1-2H3. The molecule has 12 heteroatoms. The van der Waals surface area contributed by atoms with Gasteiger partial charge in [0.25, 0.3) is 0 Å². The van der Waals surface area contributed by atoms with Crippen molar-refractivity contribution < 1.29 is 4.79 Å². The zero-order valence-corrected chi connectivity index (χ0v) is 25.0. The van der Waals surface area contributed by atoms with Crippen LogP contribution >= 0.6 is 0 Å². The molecule has 0 aliphatic heterocycles. The SMILES string of the molecule is C=NCC.CC.Cc1cn(-c2ncnc3nc(-c4ccc(NC(=O)Cc5cc(-c6ccncc6)nn5C)cc4)[nH]c23)cn1. The molecule has 0 fully saturated rings. The van der Waals surface area contributed by atoms with Gasteiger partial charge in [-0.1, -0.05) is 13.8 Å². The zero-order chi connectivity index (χ0) is 30.8. The number of H-pyrrole nitrogens is 1. The van der Waals surface area contributed by atoms with Gasteiger partial charge in [-0.15, -0.1) is 0 Å². The molecule has 0 bridgehead atoms. The third kappa shape index (κ3) is 7.41. The summed E-state index contributed by atoms with van der Waals surface area (Å²) in [6.45, 7) is 11.9. The molecule has 0 atom stereocenters. The highest BCUT2D eigenvalue weighted by Crippen LogP contribution is 2.24. The molecule has 1 amide bonds. The number of anilines is 1. The molecular formula is C31H35N11O. The number of aryl methyl sites for hydroxylation is 2. The summed E-state index contributed by atoms with van der Waals surface area (Å²) >= 11 is 0. The van der Waals surface area contributed by atoms with Crippen molar-refractivity contribution in [3.8, 4) is 28.5 Å². The minimum absolute atomic E-state index is 0.128. The van der Waals surface area contributed by atoms with Crippen LogP contribution in [0.4, 0.5) is 5.69 Å². The van der Waals surface area contributed by atoms with E-state index in [-0.39, 0.29) is 12.3 Å². The van der Waals surface area contributed by atoms with Gasteiger partial charge in [0.05, 0.1) is 17.8 Å². The van der Waals surface area contributed by atoms with Crippen molar-refractivity contribution in [2.24, 2.45) is 12.0 Å². The zero-order valence-electron chi connectivity index (χ0n) is 25.0. The molecule has 2 N–H and O–H groups in total. The number of aliphatic imine (C=N–C) groups is 1. The van der Waals surface area contributed by atoms with E-state index in [1.165, 1.54) is 6.33 Å². The fourth-order valence-electron chi connectivity index (χ4n) is 4.10. The number of rotatable bonds is 7. The van der Waals surface area contributed by atoms with Crippen molar-refractivity contribution in [2.45, 2.75) is 34.1 Å². The maximum atomic E-state index is 12.7. The second-order valence-electron chi connectivity index (χ2n) is 9.13. The lowest BCUT2D eigenvalue weighted by Crippen LogP contribution is -2.16. The average Bonchev–Trinajstić information content (AvgIpc) is 3.77. The molecule has 5 heterocycles. The summed E-state index contributed by atoms with van der Waals surface area (Å²) in [5.74, 6) is 1.21. The van der Waals surface area contributed by atoms with Gasteiger partial charge in [-0.2, -0.15) is 5.10 Å². The summed E-state index contributed by atoms with van der Waals surface area (Å²) in [4.78, 5) is 41.1. The lowest BCUT2D eigenvalue weighted by molar-refractivity contribution is -0.115. The predicted octanol–water partition coefficient (Wildman–Crippen LogP) is 5.22. The number of pyridine rings is 1. The van der Waals surface area contributed by atoms with E-state index >= 15 is 0 Å². The molecule has 1 aromatic carbocycles. The largest absolute Gasteiger partial charge is 0.334 e. The van der Waals surface area contributed by atoms with Crippen LogP contribution in [0.25, 0.3) is 39.6 Å². The monoisotopic (exact) mass is 577 g/mol. The van der Waals surface area contributed by atoms with Gasteiger partial charge in [0.2, 0.25) is 5.91 Å². The minimum atomic E-state index is -0.128. The van der Waals surface area contributed by atoms with E-state index in [0.717, 1.165) is 40.3 Å². The minimum Gasteiger partial charge on any atom is -0.334 e. The summed E-state index contributed by atoms with van der Waals surface area (Å²) in [6.07, 6.45) is 8.73. The summed E-state index contributed by atoms with van der Waals surface area (Å²) in [5, 5.41) is 7.47. The Morgan fingerprint density at radius 1 is 1.05 bits per heavy atom. The van der Waals surface area contributed by atoms with Crippen LogP contribution in [0.1, 0.15) is 32.2 Å². The molecule has 0 aliphatic carbocycles. The summed E-state index contributed by atoms with van der Waals surface area (Å²) in [5.41, 5.74) is 6.29. The molecule has 0 radical (unpaired) electrons. The molecule has 5 aromatic heterocycles. The van der Waals surface area contributed by atoms with Crippen LogP contribution in [-0.4, -0.2) is 63.4 Å². The molecule has 0 aliphatic rings. The third-order valence-electron chi connectivity index (χ3n) is 6.18. The van der Waals surface area contributed by atoms with Crippen molar-refractivity contribution in [3.05, 3.63) is 85.1 Å². The van der Waals surface area contributed by atoms with Gasteiger partial charge >= 0.3 is 0 Å². The number of aromatic amines is 1. The van der Waals surface area contributed by atoms with Crippen LogP contribution in [0.3, 0.4) is 0 Å². The van der Waals surface area contributed by atoms with Gasteiger partial charge in [0.15, 0.2) is 11.5 Å². The molecule has 43 heavy (non-hydrogen) atoms. The number of hydrogen-bond donors (Lipinski definition) is 2. The first kappa shape index (κ1) is 30.4. The van der Waals surface area contributed by atoms with Gasteiger partial charge in [-0.25, -0.2) is 19.9 Å². The summed E-state index contributed by atoms with van der Waals surface area (Å²) < 4.78 is 3.56. The second kappa shape index (κ2) is 14.4. The Hall–Kier alpha value is -5.52. The molecule has 220 valence electrons. The molecular weight excluding hydrogens is 542 g/mol. The molecule has 0 saturated heterocycles. The first-order valence-corrected chi connectivity index (χ1v) is 13.9. The molecule has 0 saturated carbocycles. The number of aromatic nitrogens is 9. The van der Waals surface area contributed by atoms with E-state index in [1.54, 1.807) is 23.4 Å². The average molecular weight is 578 g/mol. The van der Waals surface area contributed by atoms with Gasteiger partial charge in [-0.3, -0.25) is 19.0 Å². The van der Waals surface area contributed by atoms with Crippen LogP contribution in [0.5, 0.6) is 0 Å². The van der Waals surface area contributed by atoms with Crippen molar-refractivity contribution in [1.82, 2.24) is 44.3 Å². The lowest BCUT2D eigenvalue weighted by Gasteiger charge is -2.06. The van der Waals surface area contributed by atoms with E-state index in [2.05, 4.69) is 52.0 Å². The summed E-state index contributed by atoms with van der Waals surface area (Å²) in [6, 6.07) is 13.2. The number of carbonyl (C=O) groups excluding carboxylic acids is 1. The number of fused-ring (bicyclic) bond motifs is 1. The van der Waals surface area contributed by atoms with E-state index in [1.807, 2.05) is 88.0 Å². The van der Waals surface area contributed by atoms with Crippen LogP contribution in [-0.2, 0) is 18.3 Å². The van der Waals surface area contributed by atoms with E-state index in [9.17, 15) is 4.79 Å². The molecule has 0 spiro atoms.